The van der Waals surface area contributed by atoms with Gasteiger partial charge in [-0.15, -0.1) is 0 Å². The zero-order valence-electron chi connectivity index (χ0n) is 11.8. The van der Waals surface area contributed by atoms with Crippen LogP contribution in [-0.2, 0) is 4.79 Å². The van der Waals surface area contributed by atoms with Gasteiger partial charge in [-0.2, -0.15) is 0 Å². The third kappa shape index (κ3) is 4.18. The molecule has 3 heteroatoms. The number of nitrogens with one attached hydrogen (secondary N) is 1. The van der Waals surface area contributed by atoms with E-state index in [4.69, 9.17) is 0 Å². The third-order valence-electron chi connectivity index (χ3n) is 3.28. The van der Waals surface area contributed by atoms with E-state index in [1.807, 2.05) is 36.4 Å². The van der Waals surface area contributed by atoms with E-state index in [0.29, 0.717) is 14.5 Å². The summed E-state index contributed by atoms with van der Waals surface area (Å²) in [6.07, 6.45) is 0. The van der Waals surface area contributed by atoms with Crippen molar-refractivity contribution in [3.63, 3.8) is 0 Å². The number of hydrogen-bond acceptors (Lipinski definition) is 1. The minimum absolute atomic E-state index is 0.0289. The highest BCUT2D eigenvalue weighted by molar-refractivity contribution is 7.48. The smallest absolute Gasteiger partial charge is 0.217 e. The Morgan fingerprint density at radius 3 is 2.10 bits per heavy atom. The molecule has 3 atom stereocenters. The molecule has 0 saturated heterocycles. The van der Waals surface area contributed by atoms with Gasteiger partial charge in [-0.05, 0) is 10.9 Å². The molecule has 2 aromatic rings. The Hall–Kier alpha value is -1.66. The largest absolute Gasteiger partial charge is 0.349 e. The third-order valence-corrected chi connectivity index (χ3v) is 4.90. The Morgan fingerprint density at radius 2 is 1.55 bits per heavy atom. The quantitative estimate of drug-likeness (QED) is 0.839. The lowest BCUT2D eigenvalue weighted by Gasteiger charge is -2.25. The fourth-order valence-electron chi connectivity index (χ4n) is 2.17. The molecule has 1 amide bonds. The van der Waals surface area contributed by atoms with Crippen LogP contribution in [0.4, 0.5) is 0 Å². The van der Waals surface area contributed by atoms with Gasteiger partial charge in [0, 0.05) is 12.8 Å². The van der Waals surface area contributed by atoms with Gasteiger partial charge in [0.2, 0.25) is 5.91 Å². The van der Waals surface area contributed by atoms with Gasteiger partial charge in [0.05, 0.1) is 5.78 Å². The zero-order valence-corrected chi connectivity index (χ0v) is 12.8. The molecule has 0 aliphatic rings. The van der Waals surface area contributed by atoms with Crippen molar-refractivity contribution in [2.24, 2.45) is 0 Å². The van der Waals surface area contributed by atoms with Gasteiger partial charge in [0.25, 0.3) is 0 Å². The van der Waals surface area contributed by atoms with Crippen LogP contribution in [0.2, 0.25) is 0 Å². The Labute approximate surface area is 122 Å². The summed E-state index contributed by atoms with van der Waals surface area (Å²) >= 11 is 0. The molecule has 0 fully saturated rings. The Balaban J connectivity index is 2.17. The maximum atomic E-state index is 11.5. The van der Waals surface area contributed by atoms with E-state index in [9.17, 15) is 4.79 Å². The number of benzene rings is 2. The minimum Gasteiger partial charge on any atom is -0.349 e. The van der Waals surface area contributed by atoms with Crippen LogP contribution in [0, 0.1) is 0 Å². The second-order valence-electron chi connectivity index (χ2n) is 4.89. The van der Waals surface area contributed by atoms with E-state index in [2.05, 4.69) is 36.5 Å². The van der Waals surface area contributed by atoms with E-state index in [1.54, 1.807) is 6.92 Å². The van der Waals surface area contributed by atoms with Crippen LogP contribution in [0.5, 0.6) is 0 Å². The first-order chi connectivity index (χ1) is 9.66. The van der Waals surface area contributed by atoms with Gasteiger partial charge in [-0.25, -0.2) is 0 Å². The highest BCUT2D eigenvalue weighted by Crippen LogP contribution is 2.30. The summed E-state index contributed by atoms with van der Waals surface area (Å²) in [4.78, 5) is 11.5. The van der Waals surface area contributed by atoms with Crippen molar-refractivity contribution in [2.45, 2.75) is 25.5 Å². The summed E-state index contributed by atoms with van der Waals surface area (Å²) in [5.41, 5.74) is 1.26. The van der Waals surface area contributed by atoms with Gasteiger partial charge in [0.1, 0.15) is 0 Å². The van der Waals surface area contributed by atoms with E-state index in [0.717, 1.165) is 0 Å². The number of carbonyl (C=O) groups excluding carboxylic acids is 1. The van der Waals surface area contributed by atoms with Gasteiger partial charge >= 0.3 is 0 Å². The van der Waals surface area contributed by atoms with Gasteiger partial charge in [-0.3, -0.25) is 4.79 Å². The minimum atomic E-state index is 0.0289. The highest BCUT2D eigenvalue weighted by Gasteiger charge is 2.20. The van der Waals surface area contributed by atoms with Gasteiger partial charge in [-0.1, -0.05) is 76.2 Å². The normalized spacial score (nSPS) is 14.1. The van der Waals surface area contributed by atoms with Crippen LogP contribution in [0.15, 0.2) is 60.7 Å². The van der Waals surface area contributed by atoms with E-state index < -0.39 is 0 Å². The Morgan fingerprint density at radius 1 is 1.00 bits per heavy atom. The fraction of sp³-hybridized carbons (Fsp3) is 0.235. The monoisotopic (exact) mass is 285 g/mol. The number of carbonyl (C=O) groups is 1. The molecule has 0 radical (unpaired) electrons. The summed E-state index contributed by atoms with van der Waals surface area (Å²) < 4.78 is 0. The predicted octanol–water partition coefficient (Wildman–Crippen LogP) is 3.26. The molecule has 3 unspecified atom stereocenters. The molecule has 0 bridgehead atoms. The maximum Gasteiger partial charge on any atom is 0.217 e. The molecule has 0 heterocycles. The number of rotatable bonds is 5. The van der Waals surface area contributed by atoms with E-state index >= 15 is 0 Å². The summed E-state index contributed by atoms with van der Waals surface area (Å²) in [6, 6.07) is 20.7. The van der Waals surface area contributed by atoms with Crippen molar-refractivity contribution < 1.29 is 4.79 Å². The fourth-order valence-corrected chi connectivity index (χ4v) is 3.63. The van der Waals surface area contributed by atoms with Crippen LogP contribution in [0.25, 0.3) is 0 Å². The first-order valence-corrected chi connectivity index (χ1v) is 7.88. The first kappa shape index (κ1) is 14.7. The van der Waals surface area contributed by atoms with Crippen molar-refractivity contribution in [1.29, 1.82) is 0 Å². The number of amides is 1. The lowest BCUT2D eigenvalue weighted by molar-refractivity contribution is -0.119. The molecule has 0 aromatic heterocycles. The molecule has 20 heavy (non-hydrogen) atoms. The molecular formula is C17H20NOP. The van der Waals surface area contributed by atoms with Crippen molar-refractivity contribution in [2.75, 3.05) is 0 Å². The molecule has 0 aliphatic heterocycles. The van der Waals surface area contributed by atoms with Crippen molar-refractivity contribution in [3.05, 3.63) is 66.2 Å². The van der Waals surface area contributed by atoms with Crippen molar-refractivity contribution >= 4 is 19.8 Å². The SMILES string of the molecule is CC(=O)NC(Pc1ccccc1)C(C)c1ccccc1. The second-order valence-corrected chi connectivity index (χ2v) is 6.38. The highest BCUT2D eigenvalue weighted by atomic mass is 31.1. The predicted molar refractivity (Wildman–Crippen MR) is 86.9 cm³/mol. The topological polar surface area (TPSA) is 29.1 Å². The average molecular weight is 285 g/mol. The molecule has 1 N–H and O–H groups in total. The van der Waals surface area contributed by atoms with Gasteiger partial charge < -0.3 is 5.32 Å². The molecule has 104 valence electrons. The van der Waals surface area contributed by atoms with Crippen molar-refractivity contribution in [1.82, 2.24) is 5.32 Å². The standard InChI is InChI=1S/C17H20NOP/c1-13(15-9-5-3-6-10-15)17(18-14(2)19)20-16-11-7-4-8-12-16/h3-13,17,20H,1-2H3,(H,18,19). The first-order valence-electron chi connectivity index (χ1n) is 6.80. The average Bonchev–Trinajstić information content (AvgIpc) is 2.47. The van der Waals surface area contributed by atoms with E-state index in [1.165, 1.54) is 10.9 Å². The van der Waals surface area contributed by atoms with Crippen LogP contribution in [0.3, 0.4) is 0 Å². The Bertz CT molecular complexity index is 541. The lowest BCUT2D eigenvalue weighted by Crippen LogP contribution is -2.34. The number of hydrogen-bond donors (Lipinski definition) is 1. The lowest BCUT2D eigenvalue weighted by atomic mass is 10.0. The summed E-state index contributed by atoms with van der Waals surface area (Å²) in [6.45, 7) is 3.76. The molecule has 2 rings (SSSR count). The van der Waals surface area contributed by atoms with Gasteiger partial charge in [0.15, 0.2) is 0 Å². The van der Waals surface area contributed by atoms with Crippen LogP contribution >= 0.6 is 8.58 Å². The summed E-state index contributed by atoms with van der Waals surface area (Å²) in [7, 11) is 0.562. The van der Waals surface area contributed by atoms with Crippen LogP contribution < -0.4 is 10.6 Å². The van der Waals surface area contributed by atoms with Crippen molar-refractivity contribution in [3.8, 4) is 0 Å². The molecule has 2 aromatic carbocycles. The molecule has 0 spiro atoms. The molecule has 0 aliphatic carbocycles. The zero-order chi connectivity index (χ0) is 14.4. The van der Waals surface area contributed by atoms with Crippen LogP contribution in [0.1, 0.15) is 25.3 Å². The Kier molecular flexibility index (Phi) is 5.31. The maximum absolute atomic E-state index is 11.5. The molecular weight excluding hydrogens is 265 g/mol. The second kappa shape index (κ2) is 7.21. The summed E-state index contributed by atoms with van der Waals surface area (Å²) in [5.74, 6) is 0.456. The van der Waals surface area contributed by atoms with E-state index in [-0.39, 0.29) is 11.7 Å². The summed E-state index contributed by atoms with van der Waals surface area (Å²) in [5, 5.41) is 4.37. The molecule has 2 nitrogen and oxygen atoms in total. The van der Waals surface area contributed by atoms with Crippen LogP contribution in [-0.4, -0.2) is 11.7 Å². The molecule has 0 saturated carbocycles.